The summed E-state index contributed by atoms with van der Waals surface area (Å²) in [6, 6.07) is 10.2. The summed E-state index contributed by atoms with van der Waals surface area (Å²) in [4.78, 5) is 16.5. The normalized spacial score (nSPS) is 17.6. The second kappa shape index (κ2) is 5.58. The van der Waals surface area contributed by atoms with E-state index in [-0.39, 0.29) is 11.1 Å². The molecule has 1 aliphatic rings. The second-order valence-corrected chi connectivity index (χ2v) is 6.49. The number of nitrogens with zero attached hydrogens (tertiary/aromatic N) is 1. The lowest BCUT2D eigenvalue weighted by Gasteiger charge is -2.36. The Bertz CT molecular complexity index is 645. The van der Waals surface area contributed by atoms with Crippen molar-refractivity contribution in [1.29, 1.82) is 0 Å². The average molecular weight is 303 g/mol. The van der Waals surface area contributed by atoms with Gasteiger partial charge < -0.3 is 9.84 Å². The van der Waals surface area contributed by atoms with E-state index in [1.807, 2.05) is 25.1 Å². The summed E-state index contributed by atoms with van der Waals surface area (Å²) < 4.78 is 5.51. The first-order valence-corrected chi connectivity index (χ1v) is 7.79. The van der Waals surface area contributed by atoms with E-state index in [1.54, 1.807) is 0 Å². The van der Waals surface area contributed by atoms with Crippen LogP contribution in [-0.4, -0.2) is 29.3 Å². The van der Waals surface area contributed by atoms with Gasteiger partial charge in [0.25, 0.3) is 0 Å². The van der Waals surface area contributed by atoms with E-state index >= 15 is 0 Å². The van der Waals surface area contributed by atoms with Crippen molar-refractivity contribution in [3.05, 3.63) is 51.5 Å². The molecule has 110 valence electrons. The Morgan fingerprint density at radius 3 is 2.52 bits per heavy atom. The van der Waals surface area contributed by atoms with Crippen LogP contribution >= 0.6 is 11.3 Å². The molecular weight excluding hydrogens is 286 g/mol. The van der Waals surface area contributed by atoms with Gasteiger partial charge in [-0.15, -0.1) is 11.3 Å². The quantitative estimate of drug-likeness (QED) is 0.945. The highest BCUT2D eigenvalue weighted by Gasteiger charge is 2.39. The summed E-state index contributed by atoms with van der Waals surface area (Å²) in [6.07, 6.45) is 1.67. The average Bonchev–Trinajstić information content (AvgIpc) is 2.91. The van der Waals surface area contributed by atoms with Crippen molar-refractivity contribution in [2.75, 3.05) is 13.2 Å². The van der Waals surface area contributed by atoms with E-state index in [0.29, 0.717) is 13.2 Å². The van der Waals surface area contributed by atoms with Crippen LogP contribution in [0.25, 0.3) is 0 Å². The molecule has 1 fully saturated rings. The van der Waals surface area contributed by atoms with E-state index < -0.39 is 5.97 Å². The monoisotopic (exact) mass is 303 g/mol. The number of hydrogen-bond donors (Lipinski definition) is 1. The molecule has 0 spiro atoms. The molecule has 0 atom stereocenters. The van der Waals surface area contributed by atoms with Crippen LogP contribution in [0.5, 0.6) is 0 Å². The van der Waals surface area contributed by atoms with E-state index in [2.05, 4.69) is 17.1 Å². The van der Waals surface area contributed by atoms with Crippen molar-refractivity contribution < 1.29 is 14.6 Å². The number of rotatable bonds is 3. The predicted molar refractivity (Wildman–Crippen MR) is 81.1 cm³/mol. The van der Waals surface area contributed by atoms with Gasteiger partial charge in [0.15, 0.2) is 5.69 Å². The first kappa shape index (κ1) is 14.2. The summed E-state index contributed by atoms with van der Waals surface area (Å²) in [5.41, 5.74) is 1.15. The second-order valence-electron chi connectivity index (χ2n) is 5.29. The van der Waals surface area contributed by atoms with Crippen LogP contribution < -0.4 is 0 Å². The van der Waals surface area contributed by atoms with E-state index in [4.69, 9.17) is 4.74 Å². The molecule has 5 heteroatoms. The van der Waals surface area contributed by atoms with Crippen LogP contribution in [0.4, 0.5) is 0 Å². The summed E-state index contributed by atoms with van der Waals surface area (Å²) in [5.74, 6) is -0.953. The van der Waals surface area contributed by atoms with Crippen molar-refractivity contribution in [3.63, 3.8) is 0 Å². The summed E-state index contributed by atoms with van der Waals surface area (Å²) in [6.45, 7) is 3.18. The number of hydrogen-bond acceptors (Lipinski definition) is 4. The third kappa shape index (κ3) is 2.47. The third-order valence-electron chi connectivity index (χ3n) is 4.08. The SMILES string of the molecule is Cc1sc(C2(c3ccccc3)CCOCC2)nc1C(=O)O. The first-order valence-electron chi connectivity index (χ1n) is 6.98. The summed E-state index contributed by atoms with van der Waals surface area (Å²) in [5, 5.41) is 10.1. The molecule has 1 aliphatic heterocycles. The number of carboxylic acids is 1. The largest absolute Gasteiger partial charge is 0.476 e. The Kier molecular flexibility index (Phi) is 3.78. The van der Waals surface area contributed by atoms with E-state index in [9.17, 15) is 9.90 Å². The molecule has 3 rings (SSSR count). The zero-order chi connectivity index (χ0) is 14.9. The minimum Gasteiger partial charge on any atom is -0.476 e. The zero-order valence-corrected chi connectivity index (χ0v) is 12.7. The molecule has 0 saturated carbocycles. The molecule has 0 radical (unpaired) electrons. The van der Waals surface area contributed by atoms with Gasteiger partial charge in [0.1, 0.15) is 5.01 Å². The first-order chi connectivity index (χ1) is 10.1. The Labute approximate surface area is 127 Å². The van der Waals surface area contributed by atoms with Gasteiger partial charge in [-0.1, -0.05) is 30.3 Å². The lowest BCUT2D eigenvalue weighted by molar-refractivity contribution is 0.0626. The molecule has 0 amide bonds. The van der Waals surface area contributed by atoms with Gasteiger partial charge in [-0.05, 0) is 25.3 Å². The number of aryl methyl sites for hydroxylation is 1. The number of benzene rings is 1. The molecule has 1 saturated heterocycles. The maximum atomic E-state index is 11.3. The fourth-order valence-corrected chi connectivity index (χ4v) is 4.08. The summed E-state index contributed by atoms with van der Waals surface area (Å²) >= 11 is 1.50. The molecule has 0 aliphatic carbocycles. The Hall–Kier alpha value is -1.72. The minimum absolute atomic E-state index is 0.178. The molecule has 4 nitrogen and oxygen atoms in total. The number of carboxylic acid groups (broad SMARTS) is 1. The standard InChI is InChI=1S/C16H17NO3S/c1-11-13(14(18)19)17-15(21-11)16(7-9-20-10-8-16)12-5-3-2-4-6-12/h2-6H,7-10H2,1H3,(H,18,19). The zero-order valence-electron chi connectivity index (χ0n) is 11.8. The van der Waals surface area contributed by atoms with Gasteiger partial charge in [0.05, 0.1) is 5.41 Å². The summed E-state index contributed by atoms with van der Waals surface area (Å²) in [7, 11) is 0. The maximum absolute atomic E-state index is 11.3. The Morgan fingerprint density at radius 1 is 1.29 bits per heavy atom. The van der Waals surface area contributed by atoms with Crippen molar-refractivity contribution in [3.8, 4) is 0 Å². The topological polar surface area (TPSA) is 59.4 Å². The Balaban J connectivity index is 2.12. The van der Waals surface area contributed by atoms with Gasteiger partial charge in [0.2, 0.25) is 0 Å². The molecule has 0 bridgehead atoms. The van der Waals surface area contributed by atoms with Crippen molar-refractivity contribution in [2.45, 2.75) is 25.2 Å². The van der Waals surface area contributed by atoms with Gasteiger partial charge >= 0.3 is 5.97 Å². The number of carbonyl (C=O) groups is 1. The molecular formula is C16H17NO3S. The van der Waals surface area contributed by atoms with Crippen LogP contribution in [0.3, 0.4) is 0 Å². The molecule has 0 unspecified atom stereocenters. The Morgan fingerprint density at radius 2 is 1.95 bits per heavy atom. The predicted octanol–water partition coefficient (Wildman–Crippen LogP) is 3.25. The molecule has 1 N–H and O–H groups in total. The fraction of sp³-hybridized carbons (Fsp3) is 0.375. The lowest BCUT2D eigenvalue weighted by Crippen LogP contribution is -2.35. The maximum Gasteiger partial charge on any atom is 0.355 e. The van der Waals surface area contributed by atoms with Crippen LogP contribution in [-0.2, 0) is 10.2 Å². The van der Waals surface area contributed by atoms with Gasteiger partial charge in [-0.2, -0.15) is 0 Å². The minimum atomic E-state index is -0.953. The van der Waals surface area contributed by atoms with E-state index in [1.165, 1.54) is 16.9 Å². The molecule has 1 aromatic carbocycles. The smallest absolute Gasteiger partial charge is 0.355 e. The van der Waals surface area contributed by atoms with Gasteiger partial charge in [-0.3, -0.25) is 0 Å². The number of ether oxygens (including phenoxy) is 1. The molecule has 2 heterocycles. The number of aromatic nitrogens is 1. The number of aromatic carboxylic acids is 1. The molecule has 1 aromatic heterocycles. The highest BCUT2D eigenvalue weighted by molar-refractivity contribution is 7.12. The third-order valence-corrected chi connectivity index (χ3v) is 5.26. The lowest BCUT2D eigenvalue weighted by atomic mass is 9.74. The van der Waals surface area contributed by atoms with Crippen LogP contribution in [0, 0.1) is 6.92 Å². The van der Waals surface area contributed by atoms with Crippen LogP contribution in [0.1, 0.15) is 38.8 Å². The van der Waals surface area contributed by atoms with E-state index in [0.717, 1.165) is 22.7 Å². The van der Waals surface area contributed by atoms with Crippen molar-refractivity contribution in [2.24, 2.45) is 0 Å². The fourth-order valence-electron chi connectivity index (χ4n) is 2.90. The van der Waals surface area contributed by atoms with Crippen LogP contribution in [0.15, 0.2) is 30.3 Å². The van der Waals surface area contributed by atoms with Crippen molar-refractivity contribution in [1.82, 2.24) is 4.98 Å². The van der Waals surface area contributed by atoms with Crippen LogP contribution in [0.2, 0.25) is 0 Å². The molecule has 21 heavy (non-hydrogen) atoms. The number of thiazole rings is 1. The van der Waals surface area contributed by atoms with Gasteiger partial charge in [-0.25, -0.2) is 9.78 Å². The van der Waals surface area contributed by atoms with Gasteiger partial charge in [0, 0.05) is 18.1 Å². The highest BCUT2D eigenvalue weighted by atomic mass is 32.1. The van der Waals surface area contributed by atoms with Crippen molar-refractivity contribution >= 4 is 17.3 Å². The highest BCUT2D eigenvalue weighted by Crippen LogP contribution is 2.43. The molecule has 2 aromatic rings.